The first-order chi connectivity index (χ1) is 16.5. The maximum Gasteiger partial charge on any atom is 0.356 e. The first-order valence-electron chi connectivity index (χ1n) is 10.6. The van der Waals surface area contributed by atoms with Crippen molar-refractivity contribution >= 4 is 17.6 Å². The van der Waals surface area contributed by atoms with E-state index in [0.717, 1.165) is 17.2 Å². The maximum atomic E-state index is 14.1. The van der Waals surface area contributed by atoms with Gasteiger partial charge in [0.1, 0.15) is 29.7 Å². The van der Waals surface area contributed by atoms with Gasteiger partial charge < -0.3 is 9.47 Å². The third kappa shape index (κ3) is 5.24. The maximum absolute atomic E-state index is 14.1. The van der Waals surface area contributed by atoms with E-state index in [0.29, 0.717) is 22.0 Å². The van der Waals surface area contributed by atoms with Crippen LogP contribution in [0.3, 0.4) is 0 Å². The smallest absolute Gasteiger partial charge is 0.356 e. The van der Waals surface area contributed by atoms with Gasteiger partial charge in [-0.1, -0.05) is 41.9 Å². The van der Waals surface area contributed by atoms with Crippen LogP contribution < -0.4 is 4.74 Å². The fourth-order valence-corrected chi connectivity index (χ4v) is 3.65. The van der Waals surface area contributed by atoms with Gasteiger partial charge in [-0.25, -0.2) is 18.6 Å². The topological polar surface area (TPSA) is 48.4 Å². The molecule has 0 saturated heterocycles. The number of nitrogens with zero attached hydrogens (tertiary/aromatic N) is 1. The molecule has 4 aromatic rings. The second-order valence-corrected chi connectivity index (χ2v) is 7.78. The van der Waals surface area contributed by atoms with Crippen molar-refractivity contribution in [2.45, 2.75) is 13.5 Å². The molecule has 0 atom stereocenters. The molecule has 0 N–H and O–H groups in total. The van der Waals surface area contributed by atoms with E-state index in [4.69, 9.17) is 21.1 Å². The molecule has 0 spiro atoms. The minimum atomic E-state index is -0.684. The van der Waals surface area contributed by atoms with Crippen LogP contribution >= 0.6 is 11.6 Å². The van der Waals surface area contributed by atoms with Gasteiger partial charge in [0.25, 0.3) is 0 Å². The molecular weight excluding hydrogens is 460 g/mol. The summed E-state index contributed by atoms with van der Waals surface area (Å²) in [7, 11) is 0. The Balaban J connectivity index is 1.73. The van der Waals surface area contributed by atoms with Gasteiger partial charge in [0.15, 0.2) is 0 Å². The van der Waals surface area contributed by atoms with Crippen LogP contribution in [0.15, 0.2) is 78.9 Å². The van der Waals surface area contributed by atoms with Crippen LogP contribution in [0.2, 0.25) is 5.02 Å². The number of aromatic nitrogens is 1. The predicted molar refractivity (Wildman–Crippen MR) is 127 cm³/mol. The molecule has 0 radical (unpaired) electrons. The average Bonchev–Trinajstić information content (AvgIpc) is 2.84. The summed E-state index contributed by atoms with van der Waals surface area (Å²) in [6.45, 7) is 1.88. The predicted octanol–water partition coefficient (Wildman–Crippen LogP) is 7.10. The Labute approximate surface area is 200 Å². The lowest BCUT2D eigenvalue weighted by Crippen LogP contribution is -2.07. The number of rotatable bonds is 7. The highest BCUT2D eigenvalue weighted by Gasteiger charge is 2.16. The Kier molecular flexibility index (Phi) is 7.18. The van der Waals surface area contributed by atoms with E-state index in [1.165, 1.54) is 12.1 Å². The Morgan fingerprint density at radius 1 is 0.912 bits per heavy atom. The molecule has 0 fully saturated rings. The highest BCUT2D eigenvalue weighted by Crippen LogP contribution is 2.38. The molecule has 3 aromatic carbocycles. The number of benzene rings is 3. The number of hydrogen-bond donors (Lipinski definition) is 0. The minimum Gasteiger partial charge on any atom is -0.488 e. The third-order valence-corrected chi connectivity index (χ3v) is 5.30. The monoisotopic (exact) mass is 479 g/mol. The van der Waals surface area contributed by atoms with Gasteiger partial charge in [-0.2, -0.15) is 0 Å². The number of pyridine rings is 1. The van der Waals surface area contributed by atoms with Crippen LogP contribution in [-0.2, 0) is 11.3 Å². The summed E-state index contributed by atoms with van der Waals surface area (Å²) >= 11 is 6.29. The number of halogens is 3. The highest BCUT2D eigenvalue weighted by atomic mass is 35.5. The van der Waals surface area contributed by atoms with Crippen LogP contribution in [0, 0.1) is 11.6 Å². The van der Waals surface area contributed by atoms with Crippen molar-refractivity contribution in [1.29, 1.82) is 0 Å². The van der Waals surface area contributed by atoms with Crippen molar-refractivity contribution in [3.63, 3.8) is 0 Å². The molecule has 4 nitrogen and oxygen atoms in total. The van der Waals surface area contributed by atoms with Gasteiger partial charge in [-0.15, -0.1) is 0 Å². The molecular formula is C27H20ClF2NO3. The van der Waals surface area contributed by atoms with Crippen molar-refractivity contribution in [3.8, 4) is 28.1 Å². The summed E-state index contributed by atoms with van der Waals surface area (Å²) in [6.07, 6.45) is 0. The van der Waals surface area contributed by atoms with E-state index < -0.39 is 17.6 Å². The molecule has 0 aliphatic heterocycles. The van der Waals surface area contributed by atoms with E-state index in [1.54, 1.807) is 43.3 Å². The van der Waals surface area contributed by atoms with Crippen LogP contribution in [0.5, 0.6) is 5.75 Å². The zero-order valence-electron chi connectivity index (χ0n) is 18.2. The lowest BCUT2D eigenvalue weighted by atomic mass is 9.96. The Morgan fingerprint density at radius 3 is 2.47 bits per heavy atom. The van der Waals surface area contributed by atoms with Crippen molar-refractivity contribution in [3.05, 3.63) is 107 Å². The molecule has 0 amide bonds. The summed E-state index contributed by atoms with van der Waals surface area (Å²) in [4.78, 5) is 16.7. The molecule has 1 aromatic heterocycles. The average molecular weight is 480 g/mol. The zero-order valence-corrected chi connectivity index (χ0v) is 19.0. The van der Waals surface area contributed by atoms with Crippen molar-refractivity contribution in [1.82, 2.24) is 4.98 Å². The number of esters is 1. The zero-order chi connectivity index (χ0) is 24.1. The molecule has 0 aliphatic rings. The molecule has 0 saturated carbocycles. The molecule has 1 heterocycles. The van der Waals surface area contributed by atoms with E-state index in [-0.39, 0.29) is 24.5 Å². The Bertz CT molecular complexity index is 1340. The molecule has 172 valence electrons. The lowest BCUT2D eigenvalue weighted by molar-refractivity contribution is 0.0519. The summed E-state index contributed by atoms with van der Waals surface area (Å²) in [6, 6.07) is 21.0. The van der Waals surface area contributed by atoms with E-state index >= 15 is 0 Å². The first-order valence-corrected chi connectivity index (χ1v) is 10.9. The van der Waals surface area contributed by atoms with Crippen molar-refractivity contribution in [2.75, 3.05) is 6.61 Å². The minimum absolute atomic E-state index is 0.0977. The van der Waals surface area contributed by atoms with Gasteiger partial charge in [0, 0.05) is 27.8 Å². The largest absolute Gasteiger partial charge is 0.488 e. The highest BCUT2D eigenvalue weighted by molar-refractivity contribution is 6.31. The van der Waals surface area contributed by atoms with Gasteiger partial charge in [-0.3, -0.25) is 0 Å². The summed E-state index contributed by atoms with van der Waals surface area (Å²) in [5.41, 5.74) is 3.15. The molecule has 0 bridgehead atoms. The fourth-order valence-electron chi connectivity index (χ4n) is 3.48. The van der Waals surface area contributed by atoms with Crippen molar-refractivity contribution in [2.24, 2.45) is 0 Å². The van der Waals surface area contributed by atoms with Gasteiger partial charge >= 0.3 is 5.97 Å². The van der Waals surface area contributed by atoms with Gasteiger partial charge in [0.05, 0.1) is 12.3 Å². The third-order valence-electron chi connectivity index (χ3n) is 5.07. The molecule has 0 unspecified atom stereocenters. The normalized spacial score (nSPS) is 10.7. The van der Waals surface area contributed by atoms with E-state index in [2.05, 4.69) is 4.98 Å². The number of carbonyl (C=O) groups is 1. The SMILES string of the molecule is CCOC(=O)c1cccc(-c2ccccc2-c2cc(Cl)ccc2OCc2ccc(F)cc2F)n1. The lowest BCUT2D eigenvalue weighted by Gasteiger charge is -2.16. The standard InChI is InChI=1S/C27H20ClF2NO3/c1-2-33-27(32)25-9-5-8-24(31-25)21-7-4-3-6-20(21)22-14-18(28)11-13-26(22)34-16-17-10-12-19(29)15-23(17)30/h3-15H,2,16H2,1H3. The molecule has 4 rings (SSSR count). The second kappa shape index (κ2) is 10.4. The van der Waals surface area contributed by atoms with Crippen LogP contribution in [0.25, 0.3) is 22.4 Å². The van der Waals surface area contributed by atoms with Crippen molar-refractivity contribution < 1.29 is 23.0 Å². The second-order valence-electron chi connectivity index (χ2n) is 7.34. The van der Waals surface area contributed by atoms with E-state index in [1.807, 2.05) is 24.3 Å². The number of hydrogen-bond acceptors (Lipinski definition) is 4. The molecule has 7 heteroatoms. The summed E-state index contributed by atoms with van der Waals surface area (Å²) in [5.74, 6) is -1.38. The number of carbonyl (C=O) groups excluding carboxylic acids is 1. The number of ether oxygens (including phenoxy) is 2. The summed E-state index contributed by atoms with van der Waals surface area (Å²) in [5, 5.41) is 0.485. The van der Waals surface area contributed by atoms with Crippen LogP contribution in [-0.4, -0.2) is 17.6 Å². The van der Waals surface area contributed by atoms with Crippen LogP contribution in [0.4, 0.5) is 8.78 Å². The van der Waals surface area contributed by atoms with Gasteiger partial charge in [-0.05, 0) is 55.0 Å². The molecule has 34 heavy (non-hydrogen) atoms. The quantitative estimate of drug-likeness (QED) is 0.265. The van der Waals surface area contributed by atoms with E-state index in [9.17, 15) is 13.6 Å². The Morgan fingerprint density at radius 2 is 1.71 bits per heavy atom. The fraction of sp³-hybridized carbons (Fsp3) is 0.111. The van der Waals surface area contributed by atoms with Gasteiger partial charge in [0.2, 0.25) is 0 Å². The summed E-state index contributed by atoms with van der Waals surface area (Å²) < 4.78 is 38.3. The molecule has 0 aliphatic carbocycles. The Hall–Kier alpha value is -3.77. The van der Waals surface area contributed by atoms with Crippen LogP contribution in [0.1, 0.15) is 23.0 Å². The first kappa shape index (κ1) is 23.4.